The van der Waals surface area contributed by atoms with Gasteiger partial charge < -0.3 is 5.32 Å². The molecular weight excluding hydrogens is 252 g/mol. The second-order valence-corrected chi connectivity index (χ2v) is 4.33. The number of hydrogen-bond donors (Lipinski definition) is 1. The standard InChI is InChI=1S/C12H15BrN2/c13-12-6-4-11(5-7-12)10-15-9-3-1-2-8-14/h4-7,15H,1-3,9-10H2. The third-order valence-electron chi connectivity index (χ3n) is 2.13. The van der Waals surface area contributed by atoms with Crippen LogP contribution in [-0.4, -0.2) is 6.54 Å². The molecule has 3 heteroatoms. The lowest BCUT2D eigenvalue weighted by molar-refractivity contribution is 0.628. The zero-order chi connectivity index (χ0) is 10.9. The van der Waals surface area contributed by atoms with Crippen molar-refractivity contribution in [3.8, 4) is 6.07 Å². The van der Waals surface area contributed by atoms with E-state index in [1.807, 2.05) is 12.1 Å². The van der Waals surface area contributed by atoms with Crippen molar-refractivity contribution in [3.63, 3.8) is 0 Å². The Morgan fingerprint density at radius 1 is 1.20 bits per heavy atom. The van der Waals surface area contributed by atoms with Gasteiger partial charge in [-0.25, -0.2) is 0 Å². The van der Waals surface area contributed by atoms with E-state index in [2.05, 4.69) is 39.4 Å². The average molecular weight is 267 g/mol. The first-order chi connectivity index (χ1) is 7.33. The molecule has 0 amide bonds. The van der Waals surface area contributed by atoms with Gasteiger partial charge in [0.15, 0.2) is 0 Å². The number of unbranched alkanes of at least 4 members (excludes halogenated alkanes) is 2. The van der Waals surface area contributed by atoms with E-state index in [4.69, 9.17) is 5.26 Å². The van der Waals surface area contributed by atoms with Crippen molar-refractivity contribution < 1.29 is 0 Å². The number of nitrogens with one attached hydrogen (secondary N) is 1. The number of rotatable bonds is 6. The average Bonchev–Trinajstić information content (AvgIpc) is 2.26. The van der Waals surface area contributed by atoms with Crippen molar-refractivity contribution in [1.29, 1.82) is 5.26 Å². The van der Waals surface area contributed by atoms with Crippen LogP contribution in [0.25, 0.3) is 0 Å². The number of benzene rings is 1. The Kier molecular flexibility index (Phi) is 6.06. The Balaban J connectivity index is 2.10. The molecule has 2 nitrogen and oxygen atoms in total. The molecule has 0 fully saturated rings. The van der Waals surface area contributed by atoms with Crippen LogP contribution in [-0.2, 0) is 6.54 Å². The van der Waals surface area contributed by atoms with Crippen molar-refractivity contribution in [2.45, 2.75) is 25.8 Å². The fraction of sp³-hybridized carbons (Fsp3) is 0.417. The molecule has 15 heavy (non-hydrogen) atoms. The lowest BCUT2D eigenvalue weighted by Gasteiger charge is -2.03. The second-order valence-electron chi connectivity index (χ2n) is 3.42. The molecule has 1 aromatic rings. The number of nitrogens with zero attached hydrogens (tertiary/aromatic N) is 1. The number of nitriles is 1. The van der Waals surface area contributed by atoms with Crippen LogP contribution in [0.3, 0.4) is 0 Å². The second kappa shape index (κ2) is 7.44. The van der Waals surface area contributed by atoms with Crippen molar-refractivity contribution in [3.05, 3.63) is 34.3 Å². The molecule has 0 aromatic heterocycles. The van der Waals surface area contributed by atoms with Crippen LogP contribution in [0.1, 0.15) is 24.8 Å². The maximum absolute atomic E-state index is 8.35. The SMILES string of the molecule is N#CCCCCNCc1ccc(Br)cc1. The summed E-state index contributed by atoms with van der Waals surface area (Å²) in [5.41, 5.74) is 1.29. The van der Waals surface area contributed by atoms with Gasteiger partial charge in [0.2, 0.25) is 0 Å². The molecule has 0 heterocycles. The van der Waals surface area contributed by atoms with Gasteiger partial charge >= 0.3 is 0 Å². The summed E-state index contributed by atoms with van der Waals surface area (Å²) < 4.78 is 1.11. The molecule has 0 unspecified atom stereocenters. The van der Waals surface area contributed by atoms with Crippen LogP contribution in [0.15, 0.2) is 28.7 Å². The monoisotopic (exact) mass is 266 g/mol. The summed E-state index contributed by atoms with van der Waals surface area (Å²) in [4.78, 5) is 0. The van der Waals surface area contributed by atoms with E-state index >= 15 is 0 Å². The van der Waals surface area contributed by atoms with Crippen molar-refractivity contribution in [1.82, 2.24) is 5.32 Å². The smallest absolute Gasteiger partial charge is 0.0621 e. The summed E-state index contributed by atoms with van der Waals surface area (Å²) in [5, 5.41) is 11.7. The summed E-state index contributed by atoms with van der Waals surface area (Å²) in [6, 6.07) is 10.5. The van der Waals surface area contributed by atoms with Crippen LogP contribution < -0.4 is 5.32 Å². The van der Waals surface area contributed by atoms with E-state index in [1.54, 1.807) is 0 Å². The van der Waals surface area contributed by atoms with Crippen molar-refractivity contribution >= 4 is 15.9 Å². The zero-order valence-corrected chi connectivity index (χ0v) is 10.3. The van der Waals surface area contributed by atoms with Gasteiger partial charge in [0.25, 0.3) is 0 Å². The predicted octanol–water partition coefficient (Wildman–Crippen LogP) is 3.23. The molecule has 0 saturated heterocycles. The zero-order valence-electron chi connectivity index (χ0n) is 8.67. The van der Waals surface area contributed by atoms with Crippen LogP contribution in [0.5, 0.6) is 0 Å². The molecule has 1 N–H and O–H groups in total. The maximum Gasteiger partial charge on any atom is 0.0621 e. The highest BCUT2D eigenvalue weighted by molar-refractivity contribution is 9.10. The lowest BCUT2D eigenvalue weighted by atomic mass is 10.2. The van der Waals surface area contributed by atoms with E-state index in [-0.39, 0.29) is 0 Å². The molecule has 0 bridgehead atoms. The molecule has 1 aromatic carbocycles. The first-order valence-electron chi connectivity index (χ1n) is 5.15. The third kappa shape index (κ3) is 5.56. The third-order valence-corrected chi connectivity index (χ3v) is 2.66. The van der Waals surface area contributed by atoms with E-state index in [0.717, 1.165) is 30.4 Å². The first-order valence-corrected chi connectivity index (χ1v) is 5.94. The predicted molar refractivity (Wildman–Crippen MR) is 65.3 cm³/mol. The molecule has 0 aliphatic rings. The molecule has 0 saturated carbocycles. The first kappa shape index (κ1) is 12.2. The Morgan fingerprint density at radius 3 is 2.60 bits per heavy atom. The van der Waals surface area contributed by atoms with Gasteiger partial charge in [0.1, 0.15) is 0 Å². The summed E-state index contributed by atoms with van der Waals surface area (Å²) in [7, 11) is 0. The van der Waals surface area contributed by atoms with Gasteiger partial charge in [-0.2, -0.15) is 5.26 Å². The molecule has 1 rings (SSSR count). The Bertz CT molecular complexity index is 313. The number of halogens is 1. The van der Waals surface area contributed by atoms with Crippen LogP contribution in [0.4, 0.5) is 0 Å². The lowest BCUT2D eigenvalue weighted by Crippen LogP contribution is -2.14. The quantitative estimate of drug-likeness (QED) is 0.803. The topological polar surface area (TPSA) is 35.8 Å². The molecule has 0 aliphatic carbocycles. The van der Waals surface area contributed by atoms with Gasteiger partial charge in [-0.1, -0.05) is 28.1 Å². The van der Waals surface area contributed by atoms with Gasteiger partial charge in [-0.15, -0.1) is 0 Å². The van der Waals surface area contributed by atoms with E-state index in [0.29, 0.717) is 6.42 Å². The Hall–Kier alpha value is -0.850. The van der Waals surface area contributed by atoms with E-state index in [1.165, 1.54) is 5.56 Å². The highest BCUT2D eigenvalue weighted by Gasteiger charge is 1.92. The van der Waals surface area contributed by atoms with E-state index in [9.17, 15) is 0 Å². The molecular formula is C12H15BrN2. The van der Waals surface area contributed by atoms with Gasteiger partial charge in [-0.3, -0.25) is 0 Å². The van der Waals surface area contributed by atoms with E-state index < -0.39 is 0 Å². The minimum Gasteiger partial charge on any atom is -0.313 e. The molecule has 0 radical (unpaired) electrons. The molecule has 0 aliphatic heterocycles. The largest absolute Gasteiger partial charge is 0.313 e. The minimum absolute atomic E-state index is 0.667. The molecule has 0 atom stereocenters. The molecule has 80 valence electrons. The van der Waals surface area contributed by atoms with Crippen molar-refractivity contribution in [2.24, 2.45) is 0 Å². The summed E-state index contributed by atoms with van der Waals surface area (Å²) in [5.74, 6) is 0. The minimum atomic E-state index is 0.667. The van der Waals surface area contributed by atoms with Crippen LogP contribution >= 0.6 is 15.9 Å². The summed E-state index contributed by atoms with van der Waals surface area (Å²) in [6.07, 6.45) is 2.73. The summed E-state index contributed by atoms with van der Waals surface area (Å²) >= 11 is 3.40. The number of hydrogen-bond acceptors (Lipinski definition) is 2. The Morgan fingerprint density at radius 2 is 1.93 bits per heavy atom. The van der Waals surface area contributed by atoms with Gasteiger partial charge in [0.05, 0.1) is 6.07 Å². The fourth-order valence-electron chi connectivity index (χ4n) is 1.29. The van der Waals surface area contributed by atoms with Crippen molar-refractivity contribution in [2.75, 3.05) is 6.54 Å². The van der Waals surface area contributed by atoms with Gasteiger partial charge in [-0.05, 0) is 37.1 Å². The van der Waals surface area contributed by atoms with Gasteiger partial charge in [0, 0.05) is 17.4 Å². The highest BCUT2D eigenvalue weighted by Crippen LogP contribution is 2.10. The van der Waals surface area contributed by atoms with Crippen LogP contribution in [0, 0.1) is 11.3 Å². The normalized spacial score (nSPS) is 9.87. The van der Waals surface area contributed by atoms with Crippen LogP contribution in [0.2, 0.25) is 0 Å². The Labute approximate surface area is 99.4 Å². The summed E-state index contributed by atoms with van der Waals surface area (Å²) in [6.45, 7) is 1.89. The highest BCUT2D eigenvalue weighted by atomic mass is 79.9. The maximum atomic E-state index is 8.35. The fourth-order valence-corrected chi connectivity index (χ4v) is 1.55. The molecule has 0 spiro atoms.